The first-order valence-corrected chi connectivity index (χ1v) is 7.49. The molecule has 2 aromatic rings. The molecule has 20 heavy (non-hydrogen) atoms. The highest BCUT2D eigenvalue weighted by Gasteiger charge is 2.16. The molecule has 0 fully saturated rings. The van der Waals surface area contributed by atoms with Crippen molar-refractivity contribution in [1.29, 1.82) is 0 Å². The summed E-state index contributed by atoms with van der Waals surface area (Å²) in [5.74, 6) is 1.37. The van der Waals surface area contributed by atoms with Crippen molar-refractivity contribution in [2.24, 2.45) is 11.7 Å². The Balaban J connectivity index is 1.91. The van der Waals surface area contributed by atoms with E-state index in [-0.39, 0.29) is 11.9 Å². The Kier molecular flexibility index (Phi) is 5.14. The third-order valence-electron chi connectivity index (χ3n) is 2.74. The quantitative estimate of drug-likeness (QED) is 0.826. The van der Waals surface area contributed by atoms with Crippen LogP contribution in [0.1, 0.15) is 37.8 Å². The minimum atomic E-state index is -0.238. The molecule has 0 saturated heterocycles. The molecule has 2 N–H and O–H groups in total. The van der Waals surface area contributed by atoms with E-state index in [9.17, 15) is 4.39 Å². The first-order chi connectivity index (χ1) is 9.54. The second kappa shape index (κ2) is 6.85. The number of benzene rings is 1. The van der Waals surface area contributed by atoms with Gasteiger partial charge < -0.3 is 10.2 Å². The lowest BCUT2D eigenvalue weighted by Crippen LogP contribution is -2.13. The predicted molar refractivity (Wildman–Crippen MR) is 76.6 cm³/mol. The van der Waals surface area contributed by atoms with Crippen LogP contribution in [0.5, 0.6) is 0 Å². The number of hydrogen-bond acceptors (Lipinski definition) is 5. The van der Waals surface area contributed by atoms with Gasteiger partial charge in [-0.25, -0.2) is 4.39 Å². The fraction of sp³-hybridized carbons (Fsp3) is 0.429. The highest BCUT2D eigenvalue weighted by molar-refractivity contribution is 7.98. The average molecular weight is 295 g/mol. The number of nitrogens with zero attached hydrogens (tertiary/aromatic N) is 2. The van der Waals surface area contributed by atoms with E-state index in [1.807, 2.05) is 0 Å². The molecule has 0 spiro atoms. The Labute approximate surface area is 122 Å². The van der Waals surface area contributed by atoms with E-state index in [2.05, 4.69) is 24.0 Å². The monoisotopic (exact) mass is 295 g/mol. The van der Waals surface area contributed by atoms with Gasteiger partial charge in [-0.3, -0.25) is 0 Å². The largest absolute Gasteiger partial charge is 0.414 e. The number of halogens is 1. The highest BCUT2D eigenvalue weighted by Crippen LogP contribution is 2.24. The molecule has 1 aromatic carbocycles. The van der Waals surface area contributed by atoms with Crippen LogP contribution >= 0.6 is 11.8 Å². The van der Waals surface area contributed by atoms with Crippen molar-refractivity contribution in [3.63, 3.8) is 0 Å². The normalized spacial score (nSPS) is 12.8. The van der Waals surface area contributed by atoms with E-state index in [1.165, 1.54) is 23.9 Å². The van der Waals surface area contributed by atoms with E-state index >= 15 is 0 Å². The Bertz CT molecular complexity index is 542. The molecule has 1 atom stereocenters. The van der Waals surface area contributed by atoms with Crippen LogP contribution in [0.15, 0.2) is 33.9 Å². The van der Waals surface area contributed by atoms with Gasteiger partial charge in [-0.05, 0) is 30.0 Å². The summed E-state index contributed by atoms with van der Waals surface area (Å²) in [6.07, 6.45) is 0.810. The van der Waals surface area contributed by atoms with Crippen molar-refractivity contribution in [3.8, 4) is 0 Å². The molecule has 0 saturated carbocycles. The van der Waals surface area contributed by atoms with E-state index < -0.39 is 0 Å². The van der Waals surface area contributed by atoms with Crippen molar-refractivity contribution in [2.45, 2.75) is 37.3 Å². The summed E-state index contributed by atoms with van der Waals surface area (Å²) in [4.78, 5) is 0. The van der Waals surface area contributed by atoms with E-state index in [0.29, 0.717) is 22.8 Å². The molecule has 0 bridgehead atoms. The standard InChI is InChI=1S/C14H18FN3OS/c1-9(2)7-12(16)13-17-18-14(19-13)20-8-10-3-5-11(15)6-4-10/h3-6,9,12H,7-8,16H2,1-2H3. The third kappa shape index (κ3) is 4.31. The van der Waals surface area contributed by atoms with Gasteiger partial charge >= 0.3 is 0 Å². The number of hydrogen-bond donors (Lipinski definition) is 1. The Hall–Kier alpha value is -1.40. The van der Waals surface area contributed by atoms with Gasteiger partial charge in [0.05, 0.1) is 6.04 Å². The lowest BCUT2D eigenvalue weighted by atomic mass is 10.1. The van der Waals surface area contributed by atoms with Crippen LogP contribution in [0.2, 0.25) is 0 Å². The Morgan fingerprint density at radius 2 is 1.95 bits per heavy atom. The molecule has 0 aliphatic rings. The smallest absolute Gasteiger partial charge is 0.276 e. The molecule has 2 rings (SSSR count). The van der Waals surface area contributed by atoms with Crippen molar-refractivity contribution in [3.05, 3.63) is 41.5 Å². The predicted octanol–water partition coefficient (Wildman–Crippen LogP) is 3.55. The number of thioether (sulfide) groups is 1. The van der Waals surface area contributed by atoms with Crippen LogP contribution in [-0.4, -0.2) is 10.2 Å². The molecule has 4 nitrogen and oxygen atoms in total. The Morgan fingerprint density at radius 1 is 1.25 bits per heavy atom. The van der Waals surface area contributed by atoms with Gasteiger partial charge in [0.2, 0.25) is 5.89 Å². The lowest BCUT2D eigenvalue weighted by Gasteiger charge is -2.08. The zero-order valence-electron chi connectivity index (χ0n) is 11.5. The van der Waals surface area contributed by atoms with Crippen molar-refractivity contribution < 1.29 is 8.81 Å². The van der Waals surface area contributed by atoms with Crippen LogP contribution in [-0.2, 0) is 5.75 Å². The fourth-order valence-corrected chi connectivity index (χ4v) is 2.49. The van der Waals surface area contributed by atoms with E-state index in [0.717, 1.165) is 12.0 Å². The summed E-state index contributed by atoms with van der Waals surface area (Å²) in [5, 5.41) is 8.43. The molecule has 0 aliphatic carbocycles. The maximum atomic E-state index is 12.8. The van der Waals surface area contributed by atoms with Crippen LogP contribution in [0.3, 0.4) is 0 Å². The van der Waals surface area contributed by atoms with Gasteiger partial charge in [-0.15, -0.1) is 10.2 Å². The summed E-state index contributed by atoms with van der Waals surface area (Å²) in [5.41, 5.74) is 6.99. The van der Waals surface area contributed by atoms with Gasteiger partial charge in [-0.1, -0.05) is 37.7 Å². The minimum absolute atomic E-state index is 0.220. The first-order valence-electron chi connectivity index (χ1n) is 6.51. The SMILES string of the molecule is CC(C)CC(N)c1nnc(SCc2ccc(F)cc2)o1. The van der Waals surface area contributed by atoms with Crippen LogP contribution < -0.4 is 5.73 Å². The van der Waals surface area contributed by atoms with Gasteiger partial charge in [-0.2, -0.15) is 0 Å². The van der Waals surface area contributed by atoms with Crippen LogP contribution in [0.25, 0.3) is 0 Å². The minimum Gasteiger partial charge on any atom is -0.414 e. The second-order valence-corrected chi connectivity index (χ2v) is 5.98. The zero-order valence-corrected chi connectivity index (χ0v) is 12.4. The molecule has 0 aliphatic heterocycles. The van der Waals surface area contributed by atoms with Crippen LogP contribution in [0, 0.1) is 11.7 Å². The second-order valence-electron chi connectivity index (χ2n) is 5.06. The van der Waals surface area contributed by atoms with Gasteiger partial charge in [0.25, 0.3) is 5.22 Å². The first kappa shape index (κ1) is 15.0. The van der Waals surface area contributed by atoms with Gasteiger partial charge in [0.15, 0.2) is 0 Å². The number of aromatic nitrogens is 2. The molecule has 1 unspecified atom stereocenters. The van der Waals surface area contributed by atoms with Gasteiger partial charge in [0, 0.05) is 5.75 Å². The third-order valence-corrected chi connectivity index (χ3v) is 3.63. The number of nitrogens with two attached hydrogens (primary N) is 1. The molecular formula is C14H18FN3OS. The fourth-order valence-electron chi connectivity index (χ4n) is 1.76. The Morgan fingerprint density at radius 3 is 2.60 bits per heavy atom. The number of rotatable bonds is 6. The summed E-state index contributed by atoms with van der Waals surface area (Å²) in [6.45, 7) is 4.20. The van der Waals surface area contributed by atoms with Crippen molar-refractivity contribution in [1.82, 2.24) is 10.2 Å². The van der Waals surface area contributed by atoms with Crippen molar-refractivity contribution >= 4 is 11.8 Å². The molecule has 1 aromatic heterocycles. The molecular weight excluding hydrogens is 277 g/mol. The van der Waals surface area contributed by atoms with E-state index in [1.54, 1.807) is 12.1 Å². The van der Waals surface area contributed by atoms with E-state index in [4.69, 9.17) is 10.2 Å². The molecule has 0 amide bonds. The van der Waals surface area contributed by atoms with Crippen LogP contribution in [0.4, 0.5) is 4.39 Å². The lowest BCUT2D eigenvalue weighted by molar-refractivity contribution is 0.361. The molecule has 108 valence electrons. The molecule has 6 heteroatoms. The summed E-state index contributed by atoms with van der Waals surface area (Å²) >= 11 is 1.42. The average Bonchev–Trinajstić information content (AvgIpc) is 2.86. The zero-order chi connectivity index (χ0) is 14.5. The summed E-state index contributed by atoms with van der Waals surface area (Å²) in [7, 11) is 0. The highest BCUT2D eigenvalue weighted by atomic mass is 32.2. The molecule has 1 heterocycles. The maximum absolute atomic E-state index is 12.8. The summed E-state index contributed by atoms with van der Waals surface area (Å²) in [6, 6.07) is 6.14. The topological polar surface area (TPSA) is 64.9 Å². The summed E-state index contributed by atoms with van der Waals surface area (Å²) < 4.78 is 18.3. The molecule has 0 radical (unpaired) electrons. The van der Waals surface area contributed by atoms with Gasteiger partial charge in [0.1, 0.15) is 5.82 Å². The van der Waals surface area contributed by atoms with Crippen molar-refractivity contribution in [2.75, 3.05) is 0 Å². The maximum Gasteiger partial charge on any atom is 0.276 e.